The summed E-state index contributed by atoms with van der Waals surface area (Å²) < 4.78 is 48.0. The van der Waals surface area contributed by atoms with Crippen molar-refractivity contribution in [2.75, 3.05) is 20.2 Å². The second-order valence-electron chi connectivity index (χ2n) is 7.31. The van der Waals surface area contributed by atoms with Crippen molar-refractivity contribution >= 4 is 15.9 Å². The summed E-state index contributed by atoms with van der Waals surface area (Å²) >= 11 is 0. The van der Waals surface area contributed by atoms with E-state index < -0.39 is 27.8 Å². The molecular formula is C23H27FN4O4S. The number of hydrogen-bond donors (Lipinski definition) is 1. The number of aromatic nitrogens is 2. The molecule has 3 rings (SSSR count). The van der Waals surface area contributed by atoms with Crippen LogP contribution in [-0.2, 0) is 17.1 Å². The van der Waals surface area contributed by atoms with Crippen molar-refractivity contribution in [3.8, 4) is 5.75 Å². The number of nitrogens with one attached hydrogen (secondary N) is 1. The molecule has 176 valence electrons. The first-order valence-corrected chi connectivity index (χ1v) is 11.9. The van der Waals surface area contributed by atoms with E-state index in [0.29, 0.717) is 11.4 Å². The van der Waals surface area contributed by atoms with Gasteiger partial charge in [-0.3, -0.25) is 4.79 Å². The first-order valence-electron chi connectivity index (χ1n) is 10.4. The Morgan fingerprint density at radius 1 is 1.18 bits per heavy atom. The number of halogens is 1. The molecule has 0 spiro atoms. The van der Waals surface area contributed by atoms with Crippen LogP contribution < -0.4 is 10.1 Å². The largest absolute Gasteiger partial charge is 0.495 e. The van der Waals surface area contributed by atoms with Crippen LogP contribution in [-0.4, -0.2) is 48.4 Å². The van der Waals surface area contributed by atoms with Crippen molar-refractivity contribution in [2.45, 2.75) is 24.8 Å². The average Bonchev–Trinajstić information content (AvgIpc) is 3.23. The van der Waals surface area contributed by atoms with E-state index in [-0.39, 0.29) is 29.3 Å². The third kappa shape index (κ3) is 5.07. The summed E-state index contributed by atoms with van der Waals surface area (Å²) in [7, 11) is -0.703. The number of nitrogens with zero attached hydrogens (tertiary/aromatic N) is 3. The number of imidazole rings is 1. The maximum atomic E-state index is 13.5. The topological polar surface area (TPSA) is 93.5 Å². The summed E-state index contributed by atoms with van der Waals surface area (Å²) in [6.45, 7) is 4.04. The highest BCUT2D eigenvalue weighted by atomic mass is 32.2. The molecule has 8 nitrogen and oxygen atoms in total. The number of carbonyl (C=O) groups is 1. The minimum Gasteiger partial charge on any atom is -0.495 e. The van der Waals surface area contributed by atoms with Crippen LogP contribution >= 0.6 is 0 Å². The number of aryl methyl sites for hydroxylation is 1. The van der Waals surface area contributed by atoms with Gasteiger partial charge in [0.15, 0.2) is 0 Å². The molecule has 0 bridgehead atoms. The number of ether oxygens (including phenoxy) is 1. The van der Waals surface area contributed by atoms with Crippen LogP contribution in [0.15, 0.2) is 59.8 Å². The van der Waals surface area contributed by atoms with Crippen molar-refractivity contribution in [1.29, 1.82) is 0 Å². The predicted octanol–water partition coefficient (Wildman–Crippen LogP) is 3.12. The maximum Gasteiger partial charge on any atom is 0.252 e. The number of carbonyl (C=O) groups excluding carboxylic acids is 1. The minimum atomic E-state index is -3.87. The van der Waals surface area contributed by atoms with Crippen molar-refractivity contribution in [3.63, 3.8) is 0 Å². The highest BCUT2D eigenvalue weighted by Gasteiger charge is 2.28. The summed E-state index contributed by atoms with van der Waals surface area (Å²) in [5.74, 6) is -0.215. The number of benzene rings is 2. The first-order chi connectivity index (χ1) is 15.7. The zero-order valence-corrected chi connectivity index (χ0v) is 19.8. The highest BCUT2D eigenvalue weighted by Crippen LogP contribution is 2.29. The van der Waals surface area contributed by atoms with Gasteiger partial charge in [0.1, 0.15) is 28.3 Å². The predicted molar refractivity (Wildman–Crippen MR) is 122 cm³/mol. The molecule has 3 aromatic rings. The second-order valence-corrected chi connectivity index (χ2v) is 9.22. The van der Waals surface area contributed by atoms with Crippen LogP contribution in [0.2, 0.25) is 0 Å². The Kier molecular flexibility index (Phi) is 7.50. The van der Waals surface area contributed by atoms with Gasteiger partial charge < -0.3 is 14.6 Å². The van der Waals surface area contributed by atoms with Gasteiger partial charge in [-0.25, -0.2) is 17.8 Å². The zero-order valence-electron chi connectivity index (χ0n) is 18.9. The highest BCUT2D eigenvalue weighted by molar-refractivity contribution is 7.89. The molecule has 0 radical (unpaired) electrons. The maximum absolute atomic E-state index is 13.5. The van der Waals surface area contributed by atoms with Crippen LogP contribution in [0.25, 0.3) is 0 Å². The fourth-order valence-corrected chi connectivity index (χ4v) is 5.18. The standard InChI is InChI=1S/C23H27FN4O4S/c1-5-28(6-2)33(30,31)20-15-17(9-12-19(20)32-4)23(29)26-21(22-25-13-14-27(22)3)16-7-10-18(24)11-8-16/h7-15,21H,5-6H2,1-4H3,(H,26,29)/t21-/m1/s1. The number of methoxy groups -OCH3 is 1. The molecule has 0 aliphatic carbocycles. The SMILES string of the molecule is CCN(CC)S(=O)(=O)c1cc(C(=O)N[C@H](c2ccc(F)cc2)c2nccn2C)ccc1OC. The lowest BCUT2D eigenvalue weighted by Crippen LogP contribution is -2.32. The van der Waals surface area contributed by atoms with Gasteiger partial charge in [-0.2, -0.15) is 4.31 Å². The molecule has 0 unspecified atom stereocenters. The van der Waals surface area contributed by atoms with E-state index in [9.17, 15) is 17.6 Å². The van der Waals surface area contributed by atoms with Crippen molar-refractivity contribution in [1.82, 2.24) is 19.2 Å². The summed E-state index contributed by atoms with van der Waals surface area (Å²) in [5.41, 5.74) is 0.770. The van der Waals surface area contributed by atoms with Crippen LogP contribution in [0.4, 0.5) is 4.39 Å². The number of hydrogen-bond acceptors (Lipinski definition) is 5. The molecule has 10 heteroatoms. The molecule has 0 saturated carbocycles. The Morgan fingerprint density at radius 2 is 1.85 bits per heavy atom. The van der Waals surface area contributed by atoms with E-state index >= 15 is 0 Å². The number of amides is 1. The van der Waals surface area contributed by atoms with Crippen LogP contribution in [0.1, 0.15) is 41.6 Å². The summed E-state index contributed by atoms with van der Waals surface area (Å²) in [5, 5.41) is 2.89. The lowest BCUT2D eigenvalue weighted by Gasteiger charge is -2.21. The van der Waals surface area contributed by atoms with Crippen LogP contribution in [0.5, 0.6) is 5.75 Å². The Hall–Kier alpha value is -3.24. The van der Waals surface area contributed by atoms with Crippen molar-refractivity contribution < 1.29 is 22.3 Å². The fraction of sp³-hybridized carbons (Fsp3) is 0.304. The summed E-state index contributed by atoms with van der Waals surface area (Å²) in [6, 6.07) is 9.33. The van der Waals surface area contributed by atoms with Gasteiger partial charge in [0.05, 0.1) is 7.11 Å². The minimum absolute atomic E-state index is 0.0864. The lowest BCUT2D eigenvalue weighted by molar-refractivity contribution is 0.0941. The van der Waals surface area contributed by atoms with Crippen molar-refractivity contribution in [3.05, 3.63) is 77.6 Å². The van der Waals surface area contributed by atoms with Gasteiger partial charge in [-0.15, -0.1) is 0 Å². The van der Waals surface area contributed by atoms with E-state index in [2.05, 4.69) is 10.3 Å². The van der Waals surface area contributed by atoms with E-state index in [0.717, 1.165) is 0 Å². The molecule has 2 aromatic carbocycles. The van der Waals surface area contributed by atoms with E-state index in [4.69, 9.17) is 4.74 Å². The van der Waals surface area contributed by atoms with Gasteiger partial charge in [-0.05, 0) is 35.9 Å². The average molecular weight is 475 g/mol. The normalized spacial score (nSPS) is 12.5. The summed E-state index contributed by atoms with van der Waals surface area (Å²) in [6.07, 6.45) is 3.33. The zero-order chi connectivity index (χ0) is 24.2. The number of sulfonamides is 1. The Morgan fingerprint density at radius 3 is 2.39 bits per heavy atom. The van der Waals surface area contributed by atoms with Gasteiger partial charge >= 0.3 is 0 Å². The molecule has 0 aliphatic rings. The third-order valence-electron chi connectivity index (χ3n) is 5.34. The smallest absolute Gasteiger partial charge is 0.252 e. The van der Waals surface area contributed by atoms with Gasteiger partial charge in [0.2, 0.25) is 10.0 Å². The van der Waals surface area contributed by atoms with E-state index in [1.807, 2.05) is 0 Å². The Balaban J connectivity index is 2.01. The molecule has 1 amide bonds. The Bertz CT molecular complexity index is 1220. The molecule has 1 atom stereocenters. The van der Waals surface area contributed by atoms with Gasteiger partial charge in [-0.1, -0.05) is 26.0 Å². The Labute approximate surface area is 193 Å². The van der Waals surface area contributed by atoms with Crippen LogP contribution in [0.3, 0.4) is 0 Å². The molecule has 1 heterocycles. The molecule has 0 aliphatic heterocycles. The monoisotopic (exact) mass is 474 g/mol. The lowest BCUT2D eigenvalue weighted by atomic mass is 10.1. The number of rotatable bonds is 9. The summed E-state index contributed by atoms with van der Waals surface area (Å²) in [4.78, 5) is 17.5. The van der Waals surface area contributed by atoms with Crippen molar-refractivity contribution in [2.24, 2.45) is 7.05 Å². The van der Waals surface area contributed by atoms with Gasteiger partial charge in [0, 0.05) is 38.1 Å². The van der Waals surface area contributed by atoms with E-state index in [1.54, 1.807) is 50.0 Å². The molecule has 0 fully saturated rings. The fourth-order valence-electron chi connectivity index (χ4n) is 3.54. The van der Waals surface area contributed by atoms with Gasteiger partial charge in [0.25, 0.3) is 5.91 Å². The molecular weight excluding hydrogens is 447 g/mol. The molecule has 1 N–H and O–H groups in total. The third-order valence-corrected chi connectivity index (χ3v) is 7.42. The second kappa shape index (κ2) is 10.1. The van der Waals surface area contributed by atoms with E-state index in [1.165, 1.54) is 41.7 Å². The molecule has 0 saturated heterocycles. The van der Waals surface area contributed by atoms with Crippen LogP contribution in [0, 0.1) is 5.82 Å². The molecule has 33 heavy (non-hydrogen) atoms. The quantitative estimate of drug-likeness (QED) is 0.514. The molecule has 1 aromatic heterocycles. The first kappa shape index (κ1) is 24.4.